The zero-order valence-corrected chi connectivity index (χ0v) is 18.2. The summed E-state index contributed by atoms with van der Waals surface area (Å²) >= 11 is 1.84. The number of rotatable bonds is 8. The van der Waals surface area contributed by atoms with Gasteiger partial charge in [0.2, 0.25) is 0 Å². The first kappa shape index (κ1) is 20.8. The Morgan fingerprint density at radius 1 is 0.967 bits per heavy atom. The minimum absolute atomic E-state index is 0.130. The first-order valence-corrected chi connectivity index (χ1v) is 12.0. The molecule has 0 bridgehead atoms. The molecule has 3 aromatic carbocycles. The highest BCUT2D eigenvalue weighted by Crippen LogP contribution is 2.36. The highest BCUT2D eigenvalue weighted by atomic mass is 32.2. The van der Waals surface area contributed by atoms with Crippen molar-refractivity contribution < 1.29 is 9.13 Å². The lowest BCUT2D eigenvalue weighted by molar-refractivity contribution is 0.318. The second-order valence-corrected chi connectivity index (χ2v) is 8.67. The van der Waals surface area contributed by atoms with Crippen molar-refractivity contribution in [2.75, 3.05) is 23.9 Å². The number of aryl methyl sites for hydroxylation is 2. The van der Waals surface area contributed by atoms with Crippen LogP contribution in [0.25, 0.3) is 11.1 Å². The number of fused-ring (bicyclic) bond motifs is 3. The van der Waals surface area contributed by atoms with E-state index < -0.39 is 0 Å². The summed E-state index contributed by atoms with van der Waals surface area (Å²) in [5.41, 5.74) is 6.45. The molecule has 4 heteroatoms. The van der Waals surface area contributed by atoms with Crippen LogP contribution in [0.4, 0.5) is 10.1 Å². The van der Waals surface area contributed by atoms with Crippen LogP contribution in [-0.2, 0) is 19.4 Å². The van der Waals surface area contributed by atoms with Crippen LogP contribution in [0.5, 0.6) is 5.75 Å². The van der Waals surface area contributed by atoms with Crippen LogP contribution in [0.1, 0.15) is 29.5 Å². The van der Waals surface area contributed by atoms with E-state index in [-0.39, 0.29) is 5.82 Å². The summed E-state index contributed by atoms with van der Waals surface area (Å²) in [5.74, 6) is 1.92. The maximum Gasteiger partial charge on any atom is 0.128 e. The summed E-state index contributed by atoms with van der Waals surface area (Å²) in [6.07, 6.45) is 6.09. The Balaban J connectivity index is 1.57. The molecule has 0 aliphatic heterocycles. The van der Waals surface area contributed by atoms with E-state index in [1.54, 1.807) is 6.07 Å². The maximum absolute atomic E-state index is 14.8. The molecular weight excluding hydrogens is 393 g/mol. The van der Waals surface area contributed by atoms with Crippen molar-refractivity contribution in [2.24, 2.45) is 0 Å². The zero-order valence-electron chi connectivity index (χ0n) is 17.4. The Bertz CT molecular complexity index is 990. The molecule has 0 saturated heterocycles. The lowest BCUT2D eigenvalue weighted by Crippen LogP contribution is -2.04. The molecular formula is C26H28FNOS. The number of benzene rings is 3. The number of thioether (sulfide) groups is 1. The fourth-order valence-electron chi connectivity index (χ4n) is 4.00. The SMILES string of the molecule is CSCCCOc1ccc2c(c1)CCCc1cc(F)c(CNc3ccccc3)cc1-2. The first-order chi connectivity index (χ1) is 14.7. The Kier molecular flexibility index (Phi) is 6.96. The van der Waals surface area contributed by atoms with E-state index in [0.717, 1.165) is 60.6 Å². The van der Waals surface area contributed by atoms with Gasteiger partial charge in [-0.25, -0.2) is 4.39 Å². The number of para-hydroxylation sites is 1. The molecule has 0 amide bonds. The minimum Gasteiger partial charge on any atom is -0.494 e. The fourth-order valence-corrected chi connectivity index (χ4v) is 4.40. The Morgan fingerprint density at radius 2 is 1.77 bits per heavy atom. The third-order valence-corrected chi connectivity index (χ3v) is 6.25. The summed E-state index contributed by atoms with van der Waals surface area (Å²) in [5, 5.41) is 3.33. The van der Waals surface area contributed by atoms with Gasteiger partial charge in [0.05, 0.1) is 6.61 Å². The van der Waals surface area contributed by atoms with Crippen molar-refractivity contribution in [3.63, 3.8) is 0 Å². The molecule has 2 nitrogen and oxygen atoms in total. The molecule has 1 N–H and O–H groups in total. The molecule has 1 aliphatic rings. The van der Waals surface area contributed by atoms with E-state index in [1.807, 2.05) is 48.2 Å². The highest BCUT2D eigenvalue weighted by molar-refractivity contribution is 7.98. The Morgan fingerprint density at radius 3 is 2.57 bits per heavy atom. The molecule has 0 radical (unpaired) electrons. The van der Waals surface area contributed by atoms with E-state index in [2.05, 4.69) is 29.8 Å². The van der Waals surface area contributed by atoms with E-state index in [9.17, 15) is 4.39 Å². The minimum atomic E-state index is -0.130. The van der Waals surface area contributed by atoms with Crippen molar-refractivity contribution in [1.29, 1.82) is 0 Å². The van der Waals surface area contributed by atoms with Crippen molar-refractivity contribution in [1.82, 2.24) is 0 Å². The van der Waals surface area contributed by atoms with Crippen LogP contribution in [-0.4, -0.2) is 18.6 Å². The van der Waals surface area contributed by atoms with Gasteiger partial charge in [-0.2, -0.15) is 11.8 Å². The van der Waals surface area contributed by atoms with Crippen LogP contribution in [0, 0.1) is 5.82 Å². The molecule has 3 aromatic rings. The van der Waals surface area contributed by atoms with Crippen molar-refractivity contribution in [3.8, 4) is 16.9 Å². The molecule has 1 aliphatic carbocycles. The van der Waals surface area contributed by atoms with Crippen LogP contribution in [0.3, 0.4) is 0 Å². The Labute approximate surface area is 182 Å². The van der Waals surface area contributed by atoms with Crippen molar-refractivity contribution in [3.05, 3.63) is 83.2 Å². The predicted molar refractivity (Wildman–Crippen MR) is 126 cm³/mol. The van der Waals surface area contributed by atoms with E-state index >= 15 is 0 Å². The Hall–Kier alpha value is -2.46. The third-order valence-electron chi connectivity index (χ3n) is 5.55. The van der Waals surface area contributed by atoms with E-state index in [1.165, 1.54) is 11.1 Å². The van der Waals surface area contributed by atoms with Gasteiger partial charge < -0.3 is 10.1 Å². The van der Waals surface area contributed by atoms with Crippen molar-refractivity contribution >= 4 is 17.4 Å². The summed E-state index contributed by atoms with van der Waals surface area (Å²) in [7, 11) is 0. The molecule has 0 unspecified atom stereocenters. The summed E-state index contributed by atoms with van der Waals surface area (Å²) in [6.45, 7) is 1.21. The van der Waals surface area contributed by atoms with Gasteiger partial charge in [0, 0.05) is 17.8 Å². The molecule has 0 heterocycles. The largest absolute Gasteiger partial charge is 0.494 e. The molecule has 30 heavy (non-hydrogen) atoms. The average Bonchev–Trinajstić information content (AvgIpc) is 2.94. The van der Waals surface area contributed by atoms with Crippen LogP contribution in [0.15, 0.2) is 60.7 Å². The normalized spacial score (nSPS) is 12.6. The monoisotopic (exact) mass is 421 g/mol. The van der Waals surface area contributed by atoms with Gasteiger partial charge in [-0.3, -0.25) is 0 Å². The molecule has 0 atom stereocenters. The second kappa shape index (κ2) is 10.0. The van der Waals surface area contributed by atoms with E-state index in [0.29, 0.717) is 12.1 Å². The van der Waals surface area contributed by atoms with Crippen LogP contribution < -0.4 is 10.1 Å². The number of halogens is 1. The molecule has 0 fully saturated rings. The molecule has 0 aromatic heterocycles. The topological polar surface area (TPSA) is 21.3 Å². The maximum atomic E-state index is 14.8. The van der Waals surface area contributed by atoms with Crippen molar-refractivity contribution in [2.45, 2.75) is 32.2 Å². The molecule has 0 saturated carbocycles. The predicted octanol–water partition coefficient (Wildman–Crippen LogP) is 6.73. The fraction of sp³-hybridized carbons (Fsp3) is 0.308. The van der Waals surface area contributed by atoms with E-state index in [4.69, 9.17) is 4.74 Å². The lowest BCUT2D eigenvalue weighted by atomic mass is 9.94. The molecule has 0 spiro atoms. The summed E-state index contributed by atoms with van der Waals surface area (Å²) in [4.78, 5) is 0. The molecule has 4 rings (SSSR count). The first-order valence-electron chi connectivity index (χ1n) is 10.6. The molecule has 156 valence electrons. The summed E-state index contributed by atoms with van der Waals surface area (Å²) < 4.78 is 20.7. The quantitative estimate of drug-likeness (QED) is 0.408. The van der Waals surface area contributed by atoms with Gasteiger partial charge in [0.1, 0.15) is 11.6 Å². The standard InChI is InChI=1S/C26H28FNOS/c1-30-14-6-13-29-23-11-12-24-19(15-23)7-5-8-20-17-26(27)21(16-25(20)24)18-28-22-9-3-2-4-10-22/h2-4,9-12,15-17,28H,5-8,13-14,18H2,1H3. The van der Waals surface area contributed by atoms with Gasteiger partial charge in [0.25, 0.3) is 0 Å². The number of hydrogen-bond donors (Lipinski definition) is 1. The summed E-state index contributed by atoms with van der Waals surface area (Å²) in [6, 6.07) is 20.1. The third kappa shape index (κ3) is 4.99. The number of ether oxygens (including phenoxy) is 1. The van der Waals surface area contributed by atoms with Gasteiger partial charge in [-0.1, -0.05) is 24.3 Å². The lowest BCUT2D eigenvalue weighted by Gasteiger charge is -2.15. The highest BCUT2D eigenvalue weighted by Gasteiger charge is 2.18. The van der Waals surface area contributed by atoms with Gasteiger partial charge >= 0.3 is 0 Å². The number of hydrogen-bond acceptors (Lipinski definition) is 3. The number of anilines is 1. The van der Waals surface area contributed by atoms with Crippen LogP contribution in [0.2, 0.25) is 0 Å². The van der Waals surface area contributed by atoms with Gasteiger partial charge in [0.15, 0.2) is 0 Å². The van der Waals surface area contributed by atoms with Crippen LogP contribution >= 0.6 is 11.8 Å². The van der Waals surface area contributed by atoms with Gasteiger partial charge in [-0.15, -0.1) is 0 Å². The number of nitrogens with one attached hydrogen (secondary N) is 1. The zero-order chi connectivity index (χ0) is 20.8. The average molecular weight is 422 g/mol. The second-order valence-electron chi connectivity index (χ2n) is 7.69. The smallest absolute Gasteiger partial charge is 0.128 e. The van der Waals surface area contributed by atoms with Gasteiger partial charge in [-0.05, 0) is 96.3 Å².